The molecule has 40 heavy (non-hydrogen) atoms. The molecule has 0 fully saturated rings. The Morgan fingerprint density at radius 2 is 1.80 bits per heavy atom. The predicted molar refractivity (Wildman–Crippen MR) is 149 cm³/mol. The van der Waals surface area contributed by atoms with Crippen LogP contribution in [0.5, 0.6) is 0 Å². The summed E-state index contributed by atoms with van der Waals surface area (Å²) in [6.45, 7) is 4.96. The smallest absolute Gasteiger partial charge is 0.292 e. The molecule has 0 saturated heterocycles. The Labute approximate surface area is 230 Å². The Hall–Kier alpha value is -4.30. The van der Waals surface area contributed by atoms with Crippen molar-refractivity contribution in [2.24, 2.45) is 0 Å². The third-order valence-electron chi connectivity index (χ3n) is 6.09. The third-order valence-corrected chi connectivity index (χ3v) is 6.09. The van der Waals surface area contributed by atoms with Crippen LogP contribution in [0.25, 0.3) is 33.4 Å². The number of benzene rings is 1. The van der Waals surface area contributed by atoms with Crippen LogP contribution in [0.15, 0.2) is 28.9 Å². The summed E-state index contributed by atoms with van der Waals surface area (Å²) in [7, 11) is 0. The molecule has 14 heteroatoms. The quantitative estimate of drug-likeness (QED) is 0.147. The van der Waals surface area contributed by atoms with Gasteiger partial charge in [-0.25, -0.2) is 14.6 Å². The topological polar surface area (TPSA) is 198 Å². The number of oxazole rings is 1. The average molecular weight is 554 g/mol. The normalized spacial score (nSPS) is 11.3. The van der Waals surface area contributed by atoms with Gasteiger partial charge in [-0.05, 0) is 31.0 Å². The van der Waals surface area contributed by atoms with Crippen molar-refractivity contribution in [1.82, 2.24) is 35.4 Å². The summed E-state index contributed by atoms with van der Waals surface area (Å²) in [5.41, 5.74) is 15.2. The molecule has 0 spiro atoms. The Balaban J connectivity index is 1.18. The van der Waals surface area contributed by atoms with E-state index in [1.54, 1.807) is 17.7 Å². The van der Waals surface area contributed by atoms with Gasteiger partial charge in [0.25, 0.3) is 6.01 Å². The van der Waals surface area contributed by atoms with Gasteiger partial charge in [0, 0.05) is 38.0 Å². The SMILES string of the molecule is CCC(=O)NCCOCCOCCC(=O)NCCCCn1nc(-c2ccc3oc(N)nc3c2)c2c(N)ncnc21. The van der Waals surface area contributed by atoms with Gasteiger partial charge in [0.15, 0.2) is 11.2 Å². The van der Waals surface area contributed by atoms with Crippen molar-refractivity contribution in [2.45, 2.75) is 39.2 Å². The first kappa shape index (κ1) is 28.7. The molecule has 0 radical (unpaired) electrons. The Bertz CT molecular complexity index is 1430. The van der Waals surface area contributed by atoms with Crippen LogP contribution in [0, 0.1) is 0 Å². The number of fused-ring (bicyclic) bond motifs is 2. The summed E-state index contributed by atoms with van der Waals surface area (Å²) in [6, 6.07) is 5.60. The van der Waals surface area contributed by atoms with E-state index in [0.29, 0.717) is 86.1 Å². The number of aryl methyl sites for hydroxylation is 1. The highest BCUT2D eigenvalue weighted by molar-refractivity contribution is 5.99. The molecule has 0 aliphatic rings. The van der Waals surface area contributed by atoms with Crippen molar-refractivity contribution in [3.05, 3.63) is 24.5 Å². The van der Waals surface area contributed by atoms with Crippen LogP contribution in [-0.4, -0.2) is 76.1 Å². The zero-order valence-electron chi connectivity index (χ0n) is 22.5. The molecular weight excluding hydrogens is 518 g/mol. The maximum Gasteiger partial charge on any atom is 0.292 e. The number of hydrogen-bond acceptors (Lipinski definition) is 11. The molecule has 1 aromatic carbocycles. The lowest BCUT2D eigenvalue weighted by Gasteiger charge is -2.08. The van der Waals surface area contributed by atoms with E-state index in [9.17, 15) is 9.59 Å². The number of nitrogen functional groups attached to an aromatic ring is 2. The van der Waals surface area contributed by atoms with Gasteiger partial charge >= 0.3 is 0 Å². The minimum atomic E-state index is -0.0700. The van der Waals surface area contributed by atoms with E-state index in [2.05, 4.69) is 25.6 Å². The van der Waals surface area contributed by atoms with Gasteiger partial charge < -0.3 is 36.0 Å². The number of carbonyl (C=O) groups excluding carboxylic acids is 2. The van der Waals surface area contributed by atoms with E-state index in [1.807, 2.05) is 12.1 Å². The van der Waals surface area contributed by atoms with Crippen molar-refractivity contribution < 1.29 is 23.5 Å². The Morgan fingerprint density at radius 1 is 1.00 bits per heavy atom. The van der Waals surface area contributed by atoms with Gasteiger partial charge in [-0.15, -0.1) is 0 Å². The minimum absolute atomic E-state index is 0.00100. The number of rotatable bonds is 16. The molecule has 0 unspecified atom stereocenters. The first-order valence-electron chi connectivity index (χ1n) is 13.3. The number of unbranched alkanes of at least 4 members (excludes halogenated alkanes) is 1. The van der Waals surface area contributed by atoms with Gasteiger partial charge in [0.05, 0.1) is 31.8 Å². The number of ether oxygens (including phenoxy) is 2. The van der Waals surface area contributed by atoms with Gasteiger partial charge in [-0.2, -0.15) is 10.1 Å². The van der Waals surface area contributed by atoms with Gasteiger partial charge in [0.2, 0.25) is 11.8 Å². The van der Waals surface area contributed by atoms with Crippen molar-refractivity contribution in [3.63, 3.8) is 0 Å². The number of carbonyl (C=O) groups is 2. The van der Waals surface area contributed by atoms with Crippen LogP contribution in [0.4, 0.5) is 11.8 Å². The summed E-state index contributed by atoms with van der Waals surface area (Å²) < 4.78 is 18.0. The molecule has 0 aliphatic carbocycles. The number of nitrogens with one attached hydrogen (secondary N) is 2. The second kappa shape index (κ2) is 14.2. The molecule has 4 aromatic rings. The second-order valence-electron chi connectivity index (χ2n) is 9.00. The highest BCUT2D eigenvalue weighted by Gasteiger charge is 2.18. The van der Waals surface area contributed by atoms with E-state index in [0.717, 1.165) is 18.4 Å². The molecule has 4 rings (SSSR count). The van der Waals surface area contributed by atoms with Gasteiger partial charge in [-0.3, -0.25) is 9.59 Å². The third kappa shape index (κ3) is 7.64. The van der Waals surface area contributed by atoms with Crippen LogP contribution in [0.1, 0.15) is 32.6 Å². The van der Waals surface area contributed by atoms with Crippen molar-refractivity contribution >= 4 is 45.8 Å². The van der Waals surface area contributed by atoms with Crippen molar-refractivity contribution in [2.75, 3.05) is 51.0 Å². The molecule has 214 valence electrons. The van der Waals surface area contributed by atoms with Crippen LogP contribution >= 0.6 is 0 Å². The molecule has 2 amide bonds. The Kier molecular flexibility index (Phi) is 10.2. The monoisotopic (exact) mass is 553 g/mol. The lowest BCUT2D eigenvalue weighted by atomic mass is 10.1. The molecule has 0 saturated carbocycles. The van der Waals surface area contributed by atoms with Gasteiger partial charge in [-0.1, -0.05) is 6.92 Å². The lowest BCUT2D eigenvalue weighted by molar-refractivity contribution is -0.122. The summed E-state index contributed by atoms with van der Waals surface area (Å²) in [5, 5.41) is 11.1. The van der Waals surface area contributed by atoms with Crippen LogP contribution in [0.2, 0.25) is 0 Å². The molecule has 0 aliphatic heterocycles. The maximum atomic E-state index is 12.1. The number of anilines is 2. The number of nitrogens with two attached hydrogens (primary N) is 2. The predicted octanol–water partition coefficient (Wildman–Crippen LogP) is 1.64. The first-order chi connectivity index (χ1) is 19.5. The average Bonchev–Trinajstić information content (AvgIpc) is 3.51. The molecule has 0 bridgehead atoms. The maximum absolute atomic E-state index is 12.1. The minimum Gasteiger partial charge on any atom is -0.424 e. The largest absolute Gasteiger partial charge is 0.424 e. The van der Waals surface area contributed by atoms with E-state index < -0.39 is 0 Å². The fraction of sp³-hybridized carbons (Fsp3) is 0.462. The summed E-state index contributed by atoms with van der Waals surface area (Å²) in [5.74, 6) is 0.269. The van der Waals surface area contributed by atoms with E-state index in [4.69, 9.17) is 30.5 Å². The summed E-state index contributed by atoms with van der Waals surface area (Å²) in [4.78, 5) is 35.9. The summed E-state index contributed by atoms with van der Waals surface area (Å²) in [6.07, 6.45) is 3.68. The van der Waals surface area contributed by atoms with Crippen molar-refractivity contribution in [1.29, 1.82) is 0 Å². The van der Waals surface area contributed by atoms with E-state index >= 15 is 0 Å². The van der Waals surface area contributed by atoms with Crippen LogP contribution < -0.4 is 22.1 Å². The number of amides is 2. The highest BCUT2D eigenvalue weighted by atomic mass is 16.5. The lowest BCUT2D eigenvalue weighted by Crippen LogP contribution is -2.27. The summed E-state index contributed by atoms with van der Waals surface area (Å²) >= 11 is 0. The van der Waals surface area contributed by atoms with Gasteiger partial charge in [0.1, 0.15) is 23.4 Å². The van der Waals surface area contributed by atoms with E-state index in [-0.39, 0.29) is 24.2 Å². The molecule has 14 nitrogen and oxygen atoms in total. The number of nitrogens with zero attached hydrogens (tertiary/aromatic N) is 5. The molecular formula is C26H35N9O5. The molecule has 3 aromatic heterocycles. The number of hydrogen-bond donors (Lipinski definition) is 4. The van der Waals surface area contributed by atoms with Crippen molar-refractivity contribution in [3.8, 4) is 11.3 Å². The second-order valence-corrected chi connectivity index (χ2v) is 9.00. The number of aromatic nitrogens is 5. The molecule has 3 heterocycles. The zero-order valence-corrected chi connectivity index (χ0v) is 22.5. The molecule has 6 N–H and O–H groups in total. The standard InChI is InChI=1S/C26H35N9O5/c1-2-20(36)30-9-12-39-14-13-38-11-7-21(37)29-8-3-4-10-35-25-22(24(27)31-16-32-25)23(34-35)17-5-6-19-18(15-17)33-26(28)40-19/h5-6,15-16H,2-4,7-14H2,1H3,(H2,28,33)(H,29,37)(H,30,36)(H2,27,31,32). The fourth-order valence-corrected chi connectivity index (χ4v) is 4.06. The molecule has 0 atom stereocenters. The van der Waals surface area contributed by atoms with Crippen LogP contribution in [-0.2, 0) is 25.6 Å². The zero-order chi connectivity index (χ0) is 28.3. The fourth-order valence-electron chi connectivity index (χ4n) is 4.06. The van der Waals surface area contributed by atoms with E-state index in [1.165, 1.54) is 6.33 Å². The van der Waals surface area contributed by atoms with Crippen LogP contribution in [0.3, 0.4) is 0 Å². The first-order valence-corrected chi connectivity index (χ1v) is 13.3. The highest BCUT2D eigenvalue weighted by Crippen LogP contribution is 2.32. The Morgan fingerprint density at radius 3 is 2.62 bits per heavy atom.